The first-order valence-electron chi connectivity index (χ1n) is 11.5. The Morgan fingerprint density at radius 1 is 1.14 bits per heavy atom. The molecule has 0 aromatic heterocycles. The Bertz CT molecular complexity index is 1120. The summed E-state index contributed by atoms with van der Waals surface area (Å²) >= 11 is 0. The predicted octanol–water partition coefficient (Wildman–Crippen LogP) is 2.36. The van der Waals surface area contributed by atoms with E-state index in [9.17, 15) is 24.8 Å². The lowest BCUT2D eigenvalue weighted by Gasteiger charge is -2.28. The summed E-state index contributed by atoms with van der Waals surface area (Å²) in [7, 11) is 0. The number of nitrogens with one attached hydrogen (secondary N) is 1. The van der Waals surface area contributed by atoms with Crippen molar-refractivity contribution in [2.45, 2.75) is 33.4 Å². The number of aromatic hydroxyl groups is 1. The first-order valence-corrected chi connectivity index (χ1v) is 11.5. The van der Waals surface area contributed by atoms with Crippen molar-refractivity contribution in [1.29, 1.82) is 5.26 Å². The van der Waals surface area contributed by atoms with Crippen LogP contribution in [0.15, 0.2) is 60.2 Å². The molecule has 3 amide bonds. The van der Waals surface area contributed by atoms with Gasteiger partial charge in [0.25, 0.3) is 11.8 Å². The monoisotopic (exact) mass is 492 g/mol. The Hall–Kier alpha value is -4.00. The molecule has 2 aromatic rings. The van der Waals surface area contributed by atoms with Gasteiger partial charge < -0.3 is 20.9 Å². The Balaban J connectivity index is 2.29. The van der Waals surface area contributed by atoms with Crippen LogP contribution >= 0.6 is 0 Å². The number of rotatable bonds is 10. The van der Waals surface area contributed by atoms with Gasteiger partial charge >= 0.3 is 0 Å². The van der Waals surface area contributed by atoms with Crippen LogP contribution in [0.2, 0.25) is 0 Å². The molecule has 0 aliphatic carbocycles. The number of hydrogen-bond donors (Lipinski definition) is 3. The molecule has 36 heavy (non-hydrogen) atoms. The number of nitriles is 1. The summed E-state index contributed by atoms with van der Waals surface area (Å²) in [6, 6.07) is 15.8. The van der Waals surface area contributed by atoms with Crippen LogP contribution in [0.4, 0.5) is 0 Å². The first kappa shape index (κ1) is 28.2. The highest BCUT2D eigenvalue weighted by Gasteiger charge is 2.34. The fourth-order valence-electron chi connectivity index (χ4n) is 3.07. The fourth-order valence-corrected chi connectivity index (χ4v) is 3.07. The van der Waals surface area contributed by atoms with E-state index in [0.29, 0.717) is 5.56 Å². The number of carbonyl (C=O) groups is 3. The average molecular weight is 493 g/mol. The van der Waals surface area contributed by atoms with Gasteiger partial charge in [0.15, 0.2) is 0 Å². The SMILES string of the molecule is CC(C)(C)C(=O)NC(COCc1ccccc1)C(=O)N(CCN)C(=O)C(C#N)=Cc1ccc(O)cc1. The third-order valence-electron chi connectivity index (χ3n) is 5.10. The van der Waals surface area contributed by atoms with Crippen LogP contribution in [-0.2, 0) is 25.7 Å². The molecule has 1 unspecified atom stereocenters. The molecule has 2 aromatic carbocycles. The zero-order valence-corrected chi connectivity index (χ0v) is 20.7. The number of nitrogens with two attached hydrogens (primary N) is 1. The molecule has 0 spiro atoms. The molecule has 2 rings (SSSR count). The van der Waals surface area contributed by atoms with Crippen LogP contribution in [0, 0.1) is 16.7 Å². The molecule has 0 fully saturated rings. The molecule has 9 heteroatoms. The van der Waals surface area contributed by atoms with Gasteiger partial charge in [0.05, 0.1) is 13.2 Å². The normalized spacial score (nSPS) is 12.4. The maximum Gasteiger partial charge on any atom is 0.271 e. The third-order valence-corrected chi connectivity index (χ3v) is 5.10. The minimum absolute atomic E-state index is 0.0323. The zero-order valence-electron chi connectivity index (χ0n) is 20.7. The van der Waals surface area contributed by atoms with Crippen molar-refractivity contribution in [3.8, 4) is 11.8 Å². The zero-order chi connectivity index (χ0) is 26.7. The van der Waals surface area contributed by atoms with Crippen molar-refractivity contribution in [2.24, 2.45) is 11.1 Å². The molecule has 1 atom stereocenters. The second-order valence-corrected chi connectivity index (χ2v) is 9.12. The fraction of sp³-hybridized carbons (Fsp3) is 0.333. The van der Waals surface area contributed by atoms with Crippen molar-refractivity contribution < 1.29 is 24.2 Å². The van der Waals surface area contributed by atoms with Crippen LogP contribution in [0.1, 0.15) is 31.9 Å². The van der Waals surface area contributed by atoms with Gasteiger partial charge in [-0.05, 0) is 29.3 Å². The third kappa shape index (κ3) is 8.34. The van der Waals surface area contributed by atoms with Gasteiger partial charge in [0, 0.05) is 18.5 Å². The van der Waals surface area contributed by atoms with Crippen LogP contribution in [0.5, 0.6) is 5.75 Å². The lowest BCUT2D eigenvalue weighted by Crippen LogP contribution is -2.55. The summed E-state index contributed by atoms with van der Waals surface area (Å²) in [5.41, 5.74) is 5.94. The molecule has 0 heterocycles. The van der Waals surface area contributed by atoms with E-state index < -0.39 is 29.2 Å². The van der Waals surface area contributed by atoms with Crippen molar-refractivity contribution in [2.75, 3.05) is 19.7 Å². The van der Waals surface area contributed by atoms with Gasteiger partial charge in [-0.15, -0.1) is 0 Å². The minimum atomic E-state index is -1.18. The molecule has 190 valence electrons. The van der Waals surface area contributed by atoms with Crippen LogP contribution in [-0.4, -0.2) is 53.5 Å². The highest BCUT2D eigenvalue weighted by Crippen LogP contribution is 2.16. The summed E-state index contributed by atoms with van der Waals surface area (Å²) in [5, 5.41) is 21.7. The maximum atomic E-state index is 13.5. The number of nitrogens with zero attached hydrogens (tertiary/aromatic N) is 2. The molecule has 0 bridgehead atoms. The summed E-state index contributed by atoms with van der Waals surface area (Å²) < 4.78 is 5.71. The van der Waals surface area contributed by atoms with E-state index in [1.165, 1.54) is 30.3 Å². The number of benzene rings is 2. The molecule has 4 N–H and O–H groups in total. The van der Waals surface area contributed by atoms with E-state index in [0.717, 1.165) is 10.5 Å². The average Bonchev–Trinajstić information content (AvgIpc) is 2.85. The summed E-state index contributed by atoms with van der Waals surface area (Å²) in [4.78, 5) is 40.2. The lowest BCUT2D eigenvalue weighted by atomic mass is 9.95. The van der Waals surface area contributed by atoms with E-state index in [4.69, 9.17) is 10.5 Å². The van der Waals surface area contributed by atoms with Gasteiger partial charge in [0.1, 0.15) is 23.4 Å². The largest absolute Gasteiger partial charge is 0.508 e. The van der Waals surface area contributed by atoms with E-state index >= 15 is 0 Å². The summed E-state index contributed by atoms with van der Waals surface area (Å²) in [6.07, 6.45) is 1.31. The second-order valence-electron chi connectivity index (χ2n) is 9.12. The number of phenols is 1. The van der Waals surface area contributed by atoms with Gasteiger partial charge in [-0.1, -0.05) is 63.2 Å². The quantitative estimate of drug-likeness (QED) is 0.341. The smallest absolute Gasteiger partial charge is 0.271 e. The molecule has 0 aliphatic heterocycles. The van der Waals surface area contributed by atoms with E-state index in [1.54, 1.807) is 20.8 Å². The Morgan fingerprint density at radius 3 is 2.33 bits per heavy atom. The number of ether oxygens (including phenoxy) is 1. The highest BCUT2D eigenvalue weighted by atomic mass is 16.5. The predicted molar refractivity (Wildman–Crippen MR) is 135 cm³/mol. The summed E-state index contributed by atoms with van der Waals surface area (Å²) in [6.45, 7) is 4.91. The Kier molecular flexibility index (Phi) is 10.3. The second kappa shape index (κ2) is 13.2. The van der Waals surface area contributed by atoms with Crippen LogP contribution in [0.25, 0.3) is 6.08 Å². The van der Waals surface area contributed by atoms with Crippen molar-refractivity contribution in [3.63, 3.8) is 0 Å². The number of amides is 3. The maximum absolute atomic E-state index is 13.5. The molecule has 0 saturated heterocycles. The molecule has 0 aliphatic rings. The molecule has 9 nitrogen and oxygen atoms in total. The molecular weight excluding hydrogens is 460 g/mol. The van der Waals surface area contributed by atoms with Crippen molar-refractivity contribution >= 4 is 23.8 Å². The molecular formula is C27H32N4O5. The van der Waals surface area contributed by atoms with Crippen LogP contribution in [0.3, 0.4) is 0 Å². The van der Waals surface area contributed by atoms with E-state index in [2.05, 4.69) is 5.32 Å². The molecule has 0 saturated carbocycles. The number of carbonyl (C=O) groups excluding carboxylic acids is 3. The van der Waals surface area contributed by atoms with Crippen molar-refractivity contribution in [1.82, 2.24) is 10.2 Å². The summed E-state index contributed by atoms with van der Waals surface area (Å²) in [5.74, 6) is -1.95. The lowest BCUT2D eigenvalue weighted by molar-refractivity contribution is -0.147. The topological polar surface area (TPSA) is 146 Å². The highest BCUT2D eigenvalue weighted by molar-refractivity contribution is 6.10. The van der Waals surface area contributed by atoms with E-state index in [-0.39, 0.29) is 37.6 Å². The Labute approximate surface area is 211 Å². The van der Waals surface area contributed by atoms with E-state index in [1.807, 2.05) is 36.4 Å². The van der Waals surface area contributed by atoms with Gasteiger partial charge in [0.2, 0.25) is 5.91 Å². The van der Waals surface area contributed by atoms with Crippen molar-refractivity contribution in [3.05, 3.63) is 71.3 Å². The van der Waals surface area contributed by atoms with Crippen LogP contribution < -0.4 is 11.1 Å². The Morgan fingerprint density at radius 2 is 1.78 bits per heavy atom. The van der Waals surface area contributed by atoms with Gasteiger partial charge in [-0.2, -0.15) is 5.26 Å². The first-order chi connectivity index (χ1) is 17.1. The molecule has 0 radical (unpaired) electrons. The standard InChI is InChI=1S/C27H32N4O5/c1-27(2,3)26(35)30-23(18-36-17-20-7-5-4-6-8-20)25(34)31(14-13-28)24(33)21(16-29)15-19-9-11-22(32)12-10-19/h4-12,15,23,32H,13-14,17-18,28H2,1-3H3,(H,30,35). The van der Waals surface area contributed by atoms with Gasteiger partial charge in [-0.3, -0.25) is 19.3 Å². The minimum Gasteiger partial charge on any atom is -0.508 e. The number of hydrogen-bond acceptors (Lipinski definition) is 7. The number of phenolic OH excluding ortho intramolecular Hbond substituents is 1. The number of imide groups is 1. The van der Waals surface area contributed by atoms with Gasteiger partial charge in [-0.25, -0.2) is 0 Å².